The van der Waals surface area contributed by atoms with E-state index < -0.39 is 17.8 Å². The lowest BCUT2D eigenvalue weighted by atomic mass is 10.1. The van der Waals surface area contributed by atoms with Gasteiger partial charge >= 0.3 is 12.2 Å². The number of aromatic nitrogens is 2. The van der Waals surface area contributed by atoms with Crippen LogP contribution in [0.2, 0.25) is 0 Å². The molecule has 8 nitrogen and oxygen atoms in total. The molecule has 0 aliphatic rings. The maximum absolute atomic E-state index is 12.9. The molecule has 0 bridgehead atoms. The average molecular weight is 512 g/mol. The fourth-order valence-corrected chi connectivity index (χ4v) is 3.67. The van der Waals surface area contributed by atoms with Gasteiger partial charge in [-0.1, -0.05) is 18.2 Å². The van der Waals surface area contributed by atoms with Crippen molar-refractivity contribution in [1.29, 1.82) is 0 Å². The van der Waals surface area contributed by atoms with Gasteiger partial charge in [0, 0.05) is 29.4 Å². The number of hydrogen-bond acceptors (Lipinski definition) is 6. The molecular weight excluding hydrogens is 487 g/mol. The normalized spacial score (nSPS) is 11.2. The number of carbonyl (C=O) groups excluding carboxylic acids is 1. The molecule has 4 aromatic rings. The van der Waals surface area contributed by atoms with E-state index in [0.29, 0.717) is 41.5 Å². The lowest BCUT2D eigenvalue weighted by molar-refractivity contribution is -0.137. The summed E-state index contributed by atoms with van der Waals surface area (Å²) in [7, 11) is 3.13. The van der Waals surface area contributed by atoms with E-state index in [1.807, 2.05) is 18.2 Å². The molecule has 0 fully saturated rings. The summed E-state index contributed by atoms with van der Waals surface area (Å²) in [5, 5.41) is 9.13. The smallest absolute Gasteiger partial charge is 0.416 e. The van der Waals surface area contributed by atoms with E-state index in [-0.39, 0.29) is 5.69 Å². The Morgan fingerprint density at radius 2 is 1.59 bits per heavy atom. The number of ether oxygens (including phenoxy) is 2. The summed E-state index contributed by atoms with van der Waals surface area (Å²) in [5.74, 6) is 1.82. The summed E-state index contributed by atoms with van der Waals surface area (Å²) in [5.41, 5.74) is 1.44. The average Bonchev–Trinajstić information content (AvgIpc) is 2.88. The second kappa shape index (κ2) is 11.0. The summed E-state index contributed by atoms with van der Waals surface area (Å²) in [6.07, 6.45) is -2.34. The molecule has 0 unspecified atom stereocenters. The number of amides is 2. The van der Waals surface area contributed by atoms with Crippen LogP contribution in [0.4, 0.5) is 35.2 Å². The first kappa shape index (κ1) is 25.5. The van der Waals surface area contributed by atoms with Crippen LogP contribution in [0.15, 0.2) is 67.0 Å². The molecular formula is C26H24F3N5O3. The maximum atomic E-state index is 12.9. The fraction of sp³-hybridized carbons (Fsp3) is 0.192. The number of alkyl halides is 3. The molecule has 0 saturated heterocycles. The largest absolute Gasteiger partial charge is 0.493 e. The zero-order valence-corrected chi connectivity index (χ0v) is 20.0. The zero-order chi connectivity index (χ0) is 26.4. The Balaban J connectivity index is 1.33. The van der Waals surface area contributed by atoms with E-state index in [2.05, 4.69) is 25.9 Å². The molecule has 1 aromatic heterocycles. The van der Waals surface area contributed by atoms with Gasteiger partial charge in [0.05, 0.1) is 25.3 Å². The Kier molecular flexibility index (Phi) is 7.61. The number of benzene rings is 3. The van der Waals surface area contributed by atoms with Gasteiger partial charge in [0.25, 0.3) is 0 Å². The summed E-state index contributed by atoms with van der Waals surface area (Å²) in [6, 6.07) is 14.6. The minimum absolute atomic E-state index is 0.0447. The van der Waals surface area contributed by atoms with Crippen LogP contribution in [0.25, 0.3) is 10.9 Å². The van der Waals surface area contributed by atoms with Crippen LogP contribution < -0.4 is 25.4 Å². The van der Waals surface area contributed by atoms with Crippen molar-refractivity contribution in [3.8, 4) is 11.5 Å². The second-order valence-corrected chi connectivity index (χ2v) is 7.98. The topological polar surface area (TPSA) is 97.4 Å². The first-order chi connectivity index (χ1) is 17.8. The fourth-order valence-electron chi connectivity index (χ4n) is 3.67. The van der Waals surface area contributed by atoms with E-state index >= 15 is 0 Å². The predicted molar refractivity (Wildman–Crippen MR) is 135 cm³/mol. The summed E-state index contributed by atoms with van der Waals surface area (Å²) in [6.45, 7) is 0.587. The van der Waals surface area contributed by atoms with Crippen molar-refractivity contribution in [3.05, 3.63) is 78.1 Å². The first-order valence-corrected chi connectivity index (χ1v) is 11.2. The highest BCUT2D eigenvalue weighted by molar-refractivity contribution is 5.99. The van der Waals surface area contributed by atoms with Gasteiger partial charge in [-0.05, 0) is 48.4 Å². The Hall–Kier alpha value is -4.54. The lowest BCUT2D eigenvalue weighted by Crippen LogP contribution is -2.19. The van der Waals surface area contributed by atoms with E-state index in [1.165, 1.54) is 18.5 Å². The number of anilines is 3. The van der Waals surface area contributed by atoms with Crippen molar-refractivity contribution in [2.45, 2.75) is 12.6 Å². The molecule has 4 rings (SSSR count). The molecule has 0 aliphatic carbocycles. The number of nitrogens with zero attached hydrogens (tertiary/aromatic N) is 2. The summed E-state index contributed by atoms with van der Waals surface area (Å²) < 4.78 is 49.3. The molecule has 2 amide bonds. The van der Waals surface area contributed by atoms with Gasteiger partial charge in [-0.25, -0.2) is 14.8 Å². The highest BCUT2D eigenvalue weighted by Crippen LogP contribution is 2.33. The van der Waals surface area contributed by atoms with Crippen molar-refractivity contribution in [2.24, 2.45) is 0 Å². The highest BCUT2D eigenvalue weighted by Gasteiger charge is 2.30. The number of methoxy groups -OCH3 is 2. The van der Waals surface area contributed by atoms with Crippen LogP contribution in [-0.4, -0.2) is 36.8 Å². The quantitative estimate of drug-likeness (QED) is 0.270. The van der Waals surface area contributed by atoms with Crippen LogP contribution in [0.3, 0.4) is 0 Å². The Morgan fingerprint density at radius 1 is 0.892 bits per heavy atom. The zero-order valence-electron chi connectivity index (χ0n) is 20.0. The molecule has 3 N–H and O–H groups in total. The third-order valence-electron chi connectivity index (χ3n) is 5.51. The van der Waals surface area contributed by atoms with Crippen LogP contribution in [0, 0.1) is 0 Å². The molecule has 1 heterocycles. The Morgan fingerprint density at radius 3 is 2.30 bits per heavy atom. The Labute approximate surface area is 210 Å². The molecule has 3 aromatic carbocycles. The lowest BCUT2D eigenvalue weighted by Gasteiger charge is -2.12. The van der Waals surface area contributed by atoms with Gasteiger partial charge < -0.3 is 25.4 Å². The minimum Gasteiger partial charge on any atom is -0.493 e. The first-order valence-electron chi connectivity index (χ1n) is 11.2. The van der Waals surface area contributed by atoms with Gasteiger partial charge in [-0.3, -0.25) is 0 Å². The number of fused-ring (bicyclic) bond motifs is 1. The third kappa shape index (κ3) is 6.37. The maximum Gasteiger partial charge on any atom is 0.416 e. The minimum atomic E-state index is -4.49. The van der Waals surface area contributed by atoms with Crippen LogP contribution >= 0.6 is 0 Å². The second-order valence-electron chi connectivity index (χ2n) is 7.98. The van der Waals surface area contributed by atoms with Crippen LogP contribution in [0.1, 0.15) is 11.1 Å². The molecule has 0 aliphatic heterocycles. The number of halogens is 3. The number of hydrogen-bond donors (Lipinski definition) is 3. The van der Waals surface area contributed by atoms with E-state index in [0.717, 1.165) is 23.1 Å². The van der Waals surface area contributed by atoms with E-state index in [1.54, 1.807) is 32.4 Å². The van der Waals surface area contributed by atoms with Crippen molar-refractivity contribution >= 4 is 34.1 Å². The van der Waals surface area contributed by atoms with Gasteiger partial charge in [0.1, 0.15) is 12.1 Å². The highest BCUT2D eigenvalue weighted by atomic mass is 19.4. The SMILES string of the molecule is COc1cc2ncnc(NCCc3ccc(NC(=O)Nc4cccc(C(F)(F)F)c4)cc3)c2cc1OC. The molecule has 0 atom stereocenters. The van der Waals surface area contributed by atoms with Crippen LogP contribution in [-0.2, 0) is 12.6 Å². The monoisotopic (exact) mass is 511 g/mol. The molecule has 0 radical (unpaired) electrons. The van der Waals surface area contributed by atoms with E-state index in [4.69, 9.17) is 9.47 Å². The molecule has 37 heavy (non-hydrogen) atoms. The van der Waals surface area contributed by atoms with Crippen molar-refractivity contribution in [3.63, 3.8) is 0 Å². The Bertz CT molecular complexity index is 1390. The number of urea groups is 1. The van der Waals surface area contributed by atoms with Crippen LogP contribution in [0.5, 0.6) is 11.5 Å². The molecule has 0 spiro atoms. The van der Waals surface area contributed by atoms with Gasteiger partial charge in [0.2, 0.25) is 0 Å². The van der Waals surface area contributed by atoms with Gasteiger partial charge in [-0.2, -0.15) is 13.2 Å². The van der Waals surface area contributed by atoms with Gasteiger partial charge in [0.15, 0.2) is 11.5 Å². The predicted octanol–water partition coefficient (Wildman–Crippen LogP) is 5.96. The molecule has 11 heteroatoms. The van der Waals surface area contributed by atoms with E-state index in [9.17, 15) is 18.0 Å². The van der Waals surface area contributed by atoms with Crippen molar-refractivity contribution in [1.82, 2.24) is 9.97 Å². The molecule has 0 saturated carbocycles. The third-order valence-corrected chi connectivity index (χ3v) is 5.51. The van der Waals surface area contributed by atoms with Gasteiger partial charge in [-0.15, -0.1) is 0 Å². The summed E-state index contributed by atoms with van der Waals surface area (Å²) >= 11 is 0. The summed E-state index contributed by atoms with van der Waals surface area (Å²) in [4.78, 5) is 20.8. The molecule has 192 valence electrons. The number of nitrogens with one attached hydrogen (secondary N) is 3. The number of rotatable bonds is 8. The number of carbonyl (C=O) groups is 1. The van der Waals surface area contributed by atoms with Crippen molar-refractivity contribution < 1.29 is 27.4 Å². The van der Waals surface area contributed by atoms with Crippen molar-refractivity contribution in [2.75, 3.05) is 36.7 Å². The standard InChI is InChI=1S/C26H24F3N5O3/c1-36-22-13-20-21(14-23(22)37-2)31-15-32-24(20)30-11-10-16-6-8-18(9-7-16)33-25(35)34-19-5-3-4-17(12-19)26(27,28)29/h3-9,12-15H,10-11H2,1-2H3,(H,30,31,32)(H2,33,34,35).